The highest BCUT2D eigenvalue weighted by atomic mass is 19.1. The van der Waals surface area contributed by atoms with Crippen LogP contribution in [0.4, 0.5) is 4.39 Å². The van der Waals surface area contributed by atoms with Crippen LogP contribution in [-0.2, 0) is 0 Å². The van der Waals surface area contributed by atoms with E-state index in [2.05, 4.69) is 11.9 Å². The number of nitrogens with one attached hydrogen (secondary N) is 1. The second-order valence-electron chi connectivity index (χ2n) is 5.17. The molecule has 2 aliphatic rings. The Hall–Kier alpha value is -1.94. The van der Waals surface area contributed by atoms with Crippen molar-refractivity contribution in [3.8, 4) is 0 Å². The molecule has 1 aromatic carbocycles. The van der Waals surface area contributed by atoms with Gasteiger partial charge in [0.25, 0.3) is 5.91 Å². The predicted molar refractivity (Wildman–Crippen MR) is 76.8 cm³/mol. The van der Waals surface area contributed by atoms with Crippen molar-refractivity contribution in [2.24, 2.45) is 0 Å². The van der Waals surface area contributed by atoms with Crippen LogP contribution in [-0.4, -0.2) is 30.4 Å². The molecule has 1 aromatic rings. The first-order valence-electron chi connectivity index (χ1n) is 6.86. The van der Waals surface area contributed by atoms with E-state index in [4.69, 9.17) is 0 Å². The van der Waals surface area contributed by atoms with E-state index in [1.54, 1.807) is 6.07 Å². The Kier molecular flexibility index (Phi) is 3.40. The largest absolute Gasteiger partial charge is 0.313 e. The number of piperidine rings is 1. The van der Waals surface area contributed by atoms with Crippen LogP contribution in [0.2, 0.25) is 0 Å². The van der Waals surface area contributed by atoms with Crippen LogP contribution in [0.5, 0.6) is 0 Å². The molecule has 0 spiro atoms. The number of fused-ring (bicyclic) bond motifs is 1. The van der Waals surface area contributed by atoms with Gasteiger partial charge >= 0.3 is 0 Å². The van der Waals surface area contributed by atoms with Crippen LogP contribution in [0, 0.1) is 0 Å². The summed E-state index contributed by atoms with van der Waals surface area (Å²) >= 11 is 0. The van der Waals surface area contributed by atoms with E-state index < -0.39 is 0 Å². The molecule has 1 saturated heterocycles. The molecule has 4 heteroatoms. The van der Waals surface area contributed by atoms with Crippen LogP contribution < -0.4 is 5.32 Å². The first-order chi connectivity index (χ1) is 9.68. The summed E-state index contributed by atoms with van der Waals surface area (Å²) in [6.07, 6.45) is 1.71. The van der Waals surface area contributed by atoms with Gasteiger partial charge < -0.3 is 10.2 Å². The third kappa shape index (κ3) is 2.16. The maximum absolute atomic E-state index is 14.3. The Morgan fingerprint density at radius 1 is 1.35 bits per heavy atom. The van der Waals surface area contributed by atoms with Gasteiger partial charge in [0.1, 0.15) is 5.83 Å². The maximum atomic E-state index is 14.3. The van der Waals surface area contributed by atoms with Gasteiger partial charge in [-0.3, -0.25) is 4.79 Å². The number of carbonyl (C=O) groups is 1. The molecule has 1 N–H and O–H groups in total. The zero-order valence-corrected chi connectivity index (χ0v) is 11.3. The summed E-state index contributed by atoms with van der Waals surface area (Å²) in [6, 6.07) is 7.28. The summed E-state index contributed by atoms with van der Waals surface area (Å²) in [5.41, 5.74) is 2.77. The number of amides is 1. The van der Waals surface area contributed by atoms with Gasteiger partial charge in [-0.2, -0.15) is 0 Å². The fourth-order valence-electron chi connectivity index (χ4n) is 2.74. The molecule has 0 atom stereocenters. The van der Waals surface area contributed by atoms with Gasteiger partial charge in [-0.05, 0) is 31.0 Å². The number of rotatable bonds is 2. The molecule has 0 radical (unpaired) electrons. The monoisotopic (exact) mass is 272 g/mol. The van der Waals surface area contributed by atoms with Crippen molar-refractivity contribution in [3.05, 3.63) is 53.4 Å². The number of halogens is 1. The quantitative estimate of drug-likeness (QED) is 0.897. The molecule has 2 heterocycles. The number of benzene rings is 1. The highest BCUT2D eigenvalue weighted by Crippen LogP contribution is 2.32. The summed E-state index contributed by atoms with van der Waals surface area (Å²) in [5.74, 6) is -0.371. The second kappa shape index (κ2) is 5.21. The van der Waals surface area contributed by atoms with Gasteiger partial charge in [0, 0.05) is 23.4 Å². The van der Waals surface area contributed by atoms with Crippen molar-refractivity contribution in [2.45, 2.75) is 12.8 Å². The fourth-order valence-corrected chi connectivity index (χ4v) is 2.74. The van der Waals surface area contributed by atoms with Crippen LogP contribution in [0.25, 0.3) is 5.70 Å². The lowest BCUT2D eigenvalue weighted by molar-refractivity contribution is 0.0853. The highest BCUT2D eigenvalue weighted by Gasteiger charge is 2.31. The van der Waals surface area contributed by atoms with E-state index in [9.17, 15) is 9.18 Å². The molecule has 1 fully saturated rings. The van der Waals surface area contributed by atoms with Crippen molar-refractivity contribution in [3.63, 3.8) is 0 Å². The topological polar surface area (TPSA) is 32.3 Å². The lowest BCUT2D eigenvalue weighted by Crippen LogP contribution is -2.28. The SMILES string of the molecule is C=C1c2ccccc2C(=O)N1C/C(F)=C1/CCCNC1. The fraction of sp³-hybridized carbons (Fsp3) is 0.312. The summed E-state index contributed by atoms with van der Waals surface area (Å²) in [6.45, 7) is 5.42. The Labute approximate surface area is 117 Å². The lowest BCUT2D eigenvalue weighted by atomic mass is 10.1. The average Bonchev–Trinajstić information content (AvgIpc) is 2.74. The molecule has 0 aromatic heterocycles. The Morgan fingerprint density at radius 3 is 2.75 bits per heavy atom. The van der Waals surface area contributed by atoms with Gasteiger partial charge in [-0.25, -0.2) is 4.39 Å². The summed E-state index contributed by atoms with van der Waals surface area (Å²) in [5, 5.41) is 3.16. The van der Waals surface area contributed by atoms with Gasteiger partial charge in [0.15, 0.2) is 0 Å². The first-order valence-corrected chi connectivity index (χ1v) is 6.86. The second-order valence-corrected chi connectivity index (χ2v) is 5.17. The van der Waals surface area contributed by atoms with Crippen LogP contribution in [0.1, 0.15) is 28.8 Å². The lowest BCUT2D eigenvalue weighted by Gasteiger charge is -2.20. The van der Waals surface area contributed by atoms with Gasteiger partial charge in [0.2, 0.25) is 0 Å². The molecule has 0 bridgehead atoms. The third-order valence-corrected chi connectivity index (χ3v) is 3.89. The van der Waals surface area contributed by atoms with E-state index >= 15 is 0 Å². The van der Waals surface area contributed by atoms with Crippen molar-refractivity contribution in [2.75, 3.05) is 19.6 Å². The van der Waals surface area contributed by atoms with Crippen molar-refractivity contribution in [1.29, 1.82) is 0 Å². The normalized spacial score (nSPS) is 21.1. The Balaban J connectivity index is 1.83. The minimum absolute atomic E-state index is 0.0106. The molecule has 0 aliphatic carbocycles. The Morgan fingerprint density at radius 2 is 2.10 bits per heavy atom. The smallest absolute Gasteiger partial charge is 0.259 e. The molecule has 0 saturated carbocycles. The minimum Gasteiger partial charge on any atom is -0.313 e. The summed E-state index contributed by atoms with van der Waals surface area (Å²) in [7, 11) is 0. The highest BCUT2D eigenvalue weighted by molar-refractivity contribution is 6.08. The molecule has 0 unspecified atom stereocenters. The molecule has 20 heavy (non-hydrogen) atoms. The van der Waals surface area contributed by atoms with Gasteiger partial charge in [0.05, 0.1) is 6.54 Å². The zero-order valence-electron chi connectivity index (χ0n) is 11.3. The van der Waals surface area contributed by atoms with Gasteiger partial charge in [-0.15, -0.1) is 0 Å². The van der Waals surface area contributed by atoms with E-state index in [0.717, 1.165) is 30.5 Å². The molecule has 3 nitrogen and oxygen atoms in total. The van der Waals surface area contributed by atoms with Crippen LogP contribution in [0.15, 0.2) is 42.2 Å². The predicted octanol–water partition coefficient (Wildman–Crippen LogP) is 2.72. The van der Waals surface area contributed by atoms with Crippen LogP contribution >= 0.6 is 0 Å². The number of carbonyl (C=O) groups excluding carboxylic acids is 1. The molecule has 3 rings (SSSR count). The van der Waals surface area contributed by atoms with Crippen molar-refractivity contribution >= 4 is 11.6 Å². The summed E-state index contributed by atoms with van der Waals surface area (Å²) < 4.78 is 14.3. The number of hydrogen-bond donors (Lipinski definition) is 1. The maximum Gasteiger partial charge on any atom is 0.259 e. The summed E-state index contributed by atoms with van der Waals surface area (Å²) in [4.78, 5) is 13.7. The van der Waals surface area contributed by atoms with E-state index in [-0.39, 0.29) is 18.3 Å². The molecule has 2 aliphatic heterocycles. The standard InChI is InChI=1S/C16H17FN2O/c1-11-13-6-2-3-7-14(13)16(20)19(11)10-15(17)12-5-4-8-18-9-12/h2-3,6-7,18H,1,4-5,8-10H2/b15-12+. The van der Waals surface area contributed by atoms with E-state index in [1.807, 2.05) is 18.2 Å². The molecule has 1 amide bonds. The average molecular weight is 272 g/mol. The van der Waals surface area contributed by atoms with E-state index in [1.165, 1.54) is 4.90 Å². The van der Waals surface area contributed by atoms with Crippen molar-refractivity contribution in [1.82, 2.24) is 10.2 Å². The van der Waals surface area contributed by atoms with Gasteiger partial charge in [-0.1, -0.05) is 24.8 Å². The van der Waals surface area contributed by atoms with E-state index in [0.29, 0.717) is 17.8 Å². The Bertz CT molecular complexity index is 563. The van der Waals surface area contributed by atoms with Crippen molar-refractivity contribution < 1.29 is 9.18 Å². The minimum atomic E-state index is -0.209. The molecular weight excluding hydrogens is 255 g/mol. The molecule has 104 valence electrons. The number of hydrogen-bond acceptors (Lipinski definition) is 2. The first kappa shape index (κ1) is 13.1. The van der Waals surface area contributed by atoms with Crippen LogP contribution in [0.3, 0.4) is 0 Å². The zero-order chi connectivity index (χ0) is 14.1. The third-order valence-electron chi connectivity index (χ3n) is 3.89. The molecular formula is C16H17FN2O. The number of nitrogens with zero attached hydrogens (tertiary/aromatic N) is 1.